The van der Waals surface area contributed by atoms with E-state index >= 15 is 0 Å². The molecule has 0 unspecified atom stereocenters. The first-order valence-corrected chi connectivity index (χ1v) is 8.23. The second-order valence-corrected chi connectivity index (χ2v) is 7.04. The van der Waals surface area contributed by atoms with Crippen molar-refractivity contribution in [3.8, 4) is 5.75 Å². The first-order valence-electron chi connectivity index (χ1n) is 4.97. The third-order valence-electron chi connectivity index (χ3n) is 2.23. The summed E-state index contributed by atoms with van der Waals surface area (Å²) < 4.78 is 7.77. The summed E-state index contributed by atoms with van der Waals surface area (Å²) >= 11 is 11.6. The third kappa shape index (κ3) is 3.56. The summed E-state index contributed by atoms with van der Waals surface area (Å²) in [6.45, 7) is 0.396. The van der Waals surface area contributed by atoms with E-state index in [0.29, 0.717) is 21.3 Å². The van der Waals surface area contributed by atoms with Crippen LogP contribution >= 0.6 is 59.1 Å². The summed E-state index contributed by atoms with van der Waals surface area (Å²) in [6.07, 6.45) is 0. The molecule has 4 nitrogen and oxygen atoms in total. The lowest BCUT2D eigenvalue weighted by Gasteiger charge is -2.09. The van der Waals surface area contributed by atoms with Crippen molar-refractivity contribution in [3.05, 3.63) is 52.0 Å². The molecule has 0 radical (unpaired) electrons. The van der Waals surface area contributed by atoms with Gasteiger partial charge in [-0.1, -0.05) is 0 Å². The zero-order chi connectivity index (χ0) is 14.0. The van der Waals surface area contributed by atoms with Crippen LogP contribution in [-0.4, -0.2) is 4.92 Å². The molecule has 0 N–H and O–H groups in total. The number of hydrogen-bond acceptors (Lipinski definition) is 4. The second-order valence-electron chi connectivity index (χ2n) is 3.48. The molecule has 1 aromatic heterocycles. The highest BCUT2D eigenvalue weighted by atomic mass is 79.9. The van der Waals surface area contributed by atoms with Crippen molar-refractivity contribution in [1.82, 2.24) is 0 Å². The first kappa shape index (κ1) is 15.0. The van der Waals surface area contributed by atoms with Gasteiger partial charge < -0.3 is 4.74 Å². The van der Waals surface area contributed by atoms with Crippen molar-refractivity contribution < 1.29 is 9.66 Å². The number of rotatable bonds is 4. The first-order chi connectivity index (χ1) is 8.99. The van der Waals surface area contributed by atoms with Gasteiger partial charge in [0.05, 0.1) is 18.7 Å². The van der Waals surface area contributed by atoms with Gasteiger partial charge in [0.2, 0.25) is 0 Å². The molecule has 0 amide bonds. The van der Waals surface area contributed by atoms with E-state index in [2.05, 4.69) is 47.8 Å². The highest BCUT2D eigenvalue weighted by Gasteiger charge is 2.15. The zero-order valence-electron chi connectivity index (χ0n) is 9.23. The van der Waals surface area contributed by atoms with E-state index < -0.39 is 4.92 Å². The Hall–Kier alpha value is -0.440. The minimum absolute atomic E-state index is 0.00315. The van der Waals surface area contributed by atoms with Crippen LogP contribution in [0, 0.1) is 10.1 Å². The Kier molecular flexibility index (Phi) is 4.99. The van der Waals surface area contributed by atoms with Gasteiger partial charge in [0.15, 0.2) is 0 Å². The Bertz CT molecular complexity index is 606. The number of nitrogens with zero attached hydrogens (tertiary/aromatic N) is 1. The highest BCUT2D eigenvalue weighted by Crippen LogP contribution is 2.38. The maximum absolute atomic E-state index is 10.7. The van der Waals surface area contributed by atoms with Crippen LogP contribution in [0.25, 0.3) is 0 Å². The standard InChI is InChI=1S/C11H6Br3NO3S/c12-7-1-2-19-10(7)5-18-11-8(13)3-6(15(16)17)4-9(11)14/h1-4H,5H2. The molecule has 0 aliphatic rings. The van der Waals surface area contributed by atoms with E-state index in [1.807, 2.05) is 11.4 Å². The Morgan fingerprint density at radius 1 is 1.21 bits per heavy atom. The molecule has 0 atom stereocenters. The van der Waals surface area contributed by atoms with Gasteiger partial charge in [-0.05, 0) is 59.2 Å². The van der Waals surface area contributed by atoms with Gasteiger partial charge in [-0.15, -0.1) is 11.3 Å². The van der Waals surface area contributed by atoms with Gasteiger partial charge >= 0.3 is 0 Å². The normalized spacial score (nSPS) is 10.5. The number of nitro benzene ring substituents is 1. The highest BCUT2D eigenvalue weighted by molar-refractivity contribution is 9.11. The molecule has 1 aromatic carbocycles. The monoisotopic (exact) mass is 469 g/mol. The molecule has 0 fully saturated rings. The van der Waals surface area contributed by atoms with Crippen molar-refractivity contribution in [1.29, 1.82) is 0 Å². The minimum atomic E-state index is -0.449. The predicted octanol–water partition coefficient (Wildman–Crippen LogP) is 5.52. The number of halogens is 3. The van der Waals surface area contributed by atoms with Crippen LogP contribution in [0.3, 0.4) is 0 Å². The molecule has 2 aromatic rings. The van der Waals surface area contributed by atoms with Crippen molar-refractivity contribution in [2.45, 2.75) is 6.61 Å². The van der Waals surface area contributed by atoms with E-state index in [1.165, 1.54) is 12.1 Å². The van der Waals surface area contributed by atoms with Crippen LogP contribution in [0.1, 0.15) is 4.88 Å². The zero-order valence-corrected chi connectivity index (χ0v) is 14.8. The average Bonchev–Trinajstić information content (AvgIpc) is 2.73. The van der Waals surface area contributed by atoms with Crippen LogP contribution in [0.4, 0.5) is 5.69 Å². The molecule has 8 heteroatoms. The fourth-order valence-electron chi connectivity index (χ4n) is 1.36. The second kappa shape index (κ2) is 6.34. The third-order valence-corrected chi connectivity index (χ3v) is 5.31. The van der Waals surface area contributed by atoms with E-state index in [9.17, 15) is 10.1 Å². The number of benzene rings is 1. The Balaban J connectivity index is 2.21. The molecular weight excluding hydrogens is 466 g/mol. The molecule has 0 saturated carbocycles. The average molecular weight is 472 g/mol. The van der Waals surface area contributed by atoms with Crippen LogP contribution in [0.2, 0.25) is 0 Å². The quantitative estimate of drug-likeness (QED) is 0.435. The van der Waals surface area contributed by atoms with Gasteiger partial charge in [-0.2, -0.15) is 0 Å². The summed E-state index contributed by atoms with van der Waals surface area (Å²) in [5.74, 6) is 0.547. The van der Waals surface area contributed by atoms with Crippen LogP contribution in [-0.2, 0) is 6.61 Å². The fourth-order valence-corrected chi connectivity index (χ4v) is 4.12. The van der Waals surface area contributed by atoms with Crippen molar-refractivity contribution >= 4 is 64.8 Å². The minimum Gasteiger partial charge on any atom is -0.486 e. The Labute approximate surface area is 138 Å². The Morgan fingerprint density at radius 2 is 1.84 bits per heavy atom. The van der Waals surface area contributed by atoms with Crippen molar-refractivity contribution in [3.63, 3.8) is 0 Å². The lowest BCUT2D eigenvalue weighted by atomic mass is 10.3. The smallest absolute Gasteiger partial charge is 0.271 e. The maximum atomic E-state index is 10.7. The maximum Gasteiger partial charge on any atom is 0.271 e. The summed E-state index contributed by atoms with van der Waals surface area (Å²) in [7, 11) is 0. The molecular formula is C11H6Br3NO3S. The molecule has 0 saturated heterocycles. The van der Waals surface area contributed by atoms with Gasteiger partial charge in [0.25, 0.3) is 5.69 Å². The van der Waals surface area contributed by atoms with E-state index in [0.717, 1.165) is 9.35 Å². The molecule has 0 spiro atoms. The molecule has 100 valence electrons. The topological polar surface area (TPSA) is 52.4 Å². The largest absolute Gasteiger partial charge is 0.486 e. The lowest BCUT2D eigenvalue weighted by Crippen LogP contribution is -1.97. The summed E-state index contributed by atoms with van der Waals surface area (Å²) in [5, 5.41) is 12.7. The number of non-ortho nitro benzene ring substituents is 1. The molecule has 0 aliphatic heterocycles. The lowest BCUT2D eigenvalue weighted by molar-refractivity contribution is -0.385. The van der Waals surface area contributed by atoms with Gasteiger partial charge in [0.1, 0.15) is 12.4 Å². The van der Waals surface area contributed by atoms with E-state index in [4.69, 9.17) is 4.74 Å². The van der Waals surface area contributed by atoms with Crippen molar-refractivity contribution in [2.24, 2.45) is 0 Å². The molecule has 1 heterocycles. The van der Waals surface area contributed by atoms with Gasteiger partial charge in [-0.3, -0.25) is 10.1 Å². The summed E-state index contributed by atoms with van der Waals surface area (Å²) in [5.41, 5.74) is 0.00315. The van der Waals surface area contributed by atoms with Gasteiger partial charge in [0, 0.05) is 16.6 Å². The molecule has 0 bridgehead atoms. The van der Waals surface area contributed by atoms with Crippen LogP contribution < -0.4 is 4.74 Å². The van der Waals surface area contributed by atoms with Crippen LogP contribution in [0.15, 0.2) is 37.0 Å². The Morgan fingerprint density at radius 3 is 2.32 bits per heavy atom. The number of hydrogen-bond donors (Lipinski definition) is 0. The number of thiophene rings is 1. The van der Waals surface area contributed by atoms with Crippen molar-refractivity contribution in [2.75, 3.05) is 0 Å². The molecule has 19 heavy (non-hydrogen) atoms. The van der Waals surface area contributed by atoms with E-state index in [1.54, 1.807) is 11.3 Å². The number of nitro groups is 1. The molecule has 0 aliphatic carbocycles. The van der Waals surface area contributed by atoms with Gasteiger partial charge in [-0.25, -0.2) is 0 Å². The van der Waals surface area contributed by atoms with E-state index in [-0.39, 0.29) is 5.69 Å². The number of ether oxygens (including phenoxy) is 1. The SMILES string of the molecule is O=[N+]([O-])c1cc(Br)c(OCc2sccc2Br)c(Br)c1. The predicted molar refractivity (Wildman–Crippen MR) is 84.8 cm³/mol. The fraction of sp³-hybridized carbons (Fsp3) is 0.0909. The summed E-state index contributed by atoms with van der Waals surface area (Å²) in [4.78, 5) is 11.3. The summed E-state index contributed by atoms with van der Waals surface area (Å²) in [6, 6.07) is 4.79. The molecule has 2 rings (SSSR count). The van der Waals surface area contributed by atoms with Crippen LogP contribution in [0.5, 0.6) is 5.75 Å².